The summed E-state index contributed by atoms with van der Waals surface area (Å²) < 4.78 is 24.4. The van der Waals surface area contributed by atoms with Crippen molar-refractivity contribution >= 4 is 27.1 Å². The van der Waals surface area contributed by atoms with Gasteiger partial charge in [0.1, 0.15) is 0 Å². The first-order valence-corrected chi connectivity index (χ1v) is 8.93. The zero-order valence-corrected chi connectivity index (χ0v) is 12.8. The molecule has 1 aromatic rings. The van der Waals surface area contributed by atoms with Crippen LogP contribution in [0.4, 0.5) is 5.69 Å². The Labute approximate surface area is 120 Å². The molecule has 106 valence electrons. The molecule has 0 aromatic heterocycles. The molecular weight excluding hydrogens is 282 g/mol. The highest BCUT2D eigenvalue weighted by molar-refractivity contribution is 7.91. The Morgan fingerprint density at radius 3 is 2.53 bits per heavy atom. The number of anilines is 1. The van der Waals surface area contributed by atoms with E-state index in [0.29, 0.717) is 23.4 Å². The first-order chi connectivity index (χ1) is 9.10. The van der Waals surface area contributed by atoms with Crippen molar-refractivity contribution < 1.29 is 8.42 Å². The monoisotopic (exact) mass is 301 g/mol. The molecule has 0 saturated heterocycles. The molecule has 0 N–H and O–H groups in total. The van der Waals surface area contributed by atoms with Crippen LogP contribution in [0.5, 0.6) is 0 Å². The van der Waals surface area contributed by atoms with Crippen LogP contribution in [0.2, 0.25) is 0 Å². The maximum Gasteiger partial charge on any atom is 0.180 e. The Hall–Kier alpha value is -0.740. The van der Waals surface area contributed by atoms with E-state index in [4.69, 9.17) is 11.6 Å². The van der Waals surface area contributed by atoms with Crippen LogP contribution in [0, 0.1) is 0 Å². The lowest BCUT2D eigenvalue weighted by Gasteiger charge is -2.39. The zero-order valence-electron chi connectivity index (χ0n) is 11.2. The van der Waals surface area contributed by atoms with Crippen molar-refractivity contribution in [1.29, 1.82) is 0 Å². The summed E-state index contributed by atoms with van der Waals surface area (Å²) in [5.74, 6) is 0.639. The fourth-order valence-corrected chi connectivity index (χ4v) is 3.69. The van der Waals surface area contributed by atoms with Crippen molar-refractivity contribution in [1.82, 2.24) is 0 Å². The Bertz CT molecular complexity index is 526. The normalized spacial score (nSPS) is 16.1. The van der Waals surface area contributed by atoms with E-state index < -0.39 is 9.84 Å². The molecule has 1 aliphatic rings. The van der Waals surface area contributed by atoms with Gasteiger partial charge in [0, 0.05) is 18.5 Å². The van der Waals surface area contributed by atoms with Crippen molar-refractivity contribution in [2.75, 3.05) is 23.1 Å². The molecule has 0 atom stereocenters. The number of nitrogens with zero attached hydrogens (tertiary/aromatic N) is 1. The summed E-state index contributed by atoms with van der Waals surface area (Å²) in [4.78, 5) is 2.61. The van der Waals surface area contributed by atoms with Crippen molar-refractivity contribution in [3.63, 3.8) is 0 Å². The smallest absolute Gasteiger partial charge is 0.180 e. The largest absolute Gasteiger partial charge is 0.366 e. The van der Waals surface area contributed by atoms with Crippen LogP contribution < -0.4 is 4.90 Å². The summed E-state index contributed by atoms with van der Waals surface area (Å²) in [5, 5.41) is 0. The van der Waals surface area contributed by atoms with E-state index in [1.165, 1.54) is 6.42 Å². The molecule has 0 unspecified atom stereocenters. The van der Waals surface area contributed by atoms with E-state index in [0.717, 1.165) is 18.5 Å². The summed E-state index contributed by atoms with van der Waals surface area (Å²) in [7, 11) is -3.19. The highest BCUT2D eigenvalue weighted by atomic mass is 35.5. The van der Waals surface area contributed by atoms with Gasteiger partial charge in [0.15, 0.2) is 9.84 Å². The van der Waals surface area contributed by atoms with Crippen LogP contribution in [-0.2, 0) is 9.84 Å². The van der Waals surface area contributed by atoms with Gasteiger partial charge in [-0.1, -0.05) is 19.1 Å². The number of rotatable bonds is 6. The van der Waals surface area contributed by atoms with Gasteiger partial charge in [-0.05, 0) is 31.4 Å². The fraction of sp³-hybridized carbons (Fsp3) is 0.571. The molecule has 0 aliphatic heterocycles. The van der Waals surface area contributed by atoms with Gasteiger partial charge < -0.3 is 4.90 Å². The van der Waals surface area contributed by atoms with Crippen molar-refractivity contribution in [3.05, 3.63) is 24.3 Å². The molecular formula is C14H20ClNO2S. The third kappa shape index (κ3) is 3.06. The van der Waals surface area contributed by atoms with E-state index in [-0.39, 0.29) is 5.75 Å². The molecule has 0 spiro atoms. The number of hydrogen-bond acceptors (Lipinski definition) is 3. The quantitative estimate of drug-likeness (QED) is 0.758. The Morgan fingerprint density at radius 1 is 1.32 bits per heavy atom. The summed E-state index contributed by atoms with van der Waals surface area (Å²) in [5.41, 5.74) is 0.815. The summed E-state index contributed by atoms with van der Waals surface area (Å²) in [6.45, 7) is 2.38. The van der Waals surface area contributed by atoms with E-state index in [2.05, 4.69) is 4.90 Å². The number of alkyl halides is 1. The highest BCUT2D eigenvalue weighted by Gasteiger charge is 2.28. The fourth-order valence-electron chi connectivity index (χ4n) is 2.40. The minimum absolute atomic E-state index is 0.128. The zero-order chi connectivity index (χ0) is 13.9. The maximum absolute atomic E-state index is 12.2. The second kappa shape index (κ2) is 6.14. The van der Waals surface area contributed by atoms with Crippen LogP contribution in [0.3, 0.4) is 0 Å². The molecule has 1 aliphatic carbocycles. The van der Waals surface area contributed by atoms with Crippen LogP contribution in [0.15, 0.2) is 29.2 Å². The Balaban J connectivity index is 2.41. The van der Waals surface area contributed by atoms with Crippen LogP contribution >= 0.6 is 11.6 Å². The van der Waals surface area contributed by atoms with Gasteiger partial charge in [0.05, 0.1) is 16.3 Å². The van der Waals surface area contributed by atoms with Gasteiger partial charge in [-0.15, -0.1) is 11.6 Å². The number of hydrogen-bond donors (Lipinski definition) is 0. The van der Waals surface area contributed by atoms with E-state index in [1.54, 1.807) is 19.1 Å². The Kier molecular flexibility index (Phi) is 4.74. The predicted octanol–water partition coefficient (Wildman–Crippen LogP) is 3.08. The topological polar surface area (TPSA) is 37.4 Å². The molecule has 1 fully saturated rings. The number of para-hydroxylation sites is 1. The second-order valence-electron chi connectivity index (χ2n) is 4.84. The maximum atomic E-state index is 12.2. The van der Waals surface area contributed by atoms with Gasteiger partial charge in [0.2, 0.25) is 0 Å². The third-order valence-corrected chi connectivity index (χ3v) is 5.68. The SMILES string of the molecule is CCS(=O)(=O)c1ccccc1N(CCCl)C1CCC1. The minimum atomic E-state index is -3.19. The van der Waals surface area contributed by atoms with Crippen molar-refractivity contribution in [2.24, 2.45) is 0 Å². The van der Waals surface area contributed by atoms with E-state index >= 15 is 0 Å². The summed E-state index contributed by atoms with van der Waals surface area (Å²) in [6.07, 6.45) is 3.46. The van der Waals surface area contributed by atoms with Gasteiger partial charge in [0.25, 0.3) is 0 Å². The van der Waals surface area contributed by atoms with Crippen molar-refractivity contribution in [2.45, 2.75) is 37.1 Å². The number of halogens is 1. The molecule has 1 saturated carbocycles. The molecule has 0 radical (unpaired) electrons. The van der Waals surface area contributed by atoms with Gasteiger partial charge in [-0.2, -0.15) is 0 Å². The van der Waals surface area contributed by atoms with Crippen molar-refractivity contribution in [3.8, 4) is 0 Å². The molecule has 0 amide bonds. The third-order valence-electron chi connectivity index (χ3n) is 3.73. The molecule has 3 nitrogen and oxygen atoms in total. The average molecular weight is 302 g/mol. The lowest BCUT2D eigenvalue weighted by Crippen LogP contribution is -2.42. The first kappa shape index (κ1) is 14.7. The summed E-state index contributed by atoms with van der Waals surface area (Å²) >= 11 is 5.88. The van der Waals surface area contributed by atoms with Gasteiger partial charge in [-0.3, -0.25) is 0 Å². The number of sulfone groups is 1. The lowest BCUT2D eigenvalue weighted by molar-refractivity contribution is 0.389. The molecule has 19 heavy (non-hydrogen) atoms. The number of benzene rings is 1. The first-order valence-electron chi connectivity index (χ1n) is 6.74. The minimum Gasteiger partial charge on any atom is -0.366 e. The average Bonchev–Trinajstić information content (AvgIpc) is 2.36. The van der Waals surface area contributed by atoms with Crippen LogP contribution in [0.25, 0.3) is 0 Å². The highest BCUT2D eigenvalue weighted by Crippen LogP contribution is 2.33. The lowest BCUT2D eigenvalue weighted by atomic mass is 9.91. The second-order valence-corrected chi connectivity index (χ2v) is 7.46. The van der Waals surface area contributed by atoms with Gasteiger partial charge in [-0.25, -0.2) is 8.42 Å². The molecule has 0 bridgehead atoms. The van der Waals surface area contributed by atoms with Crippen LogP contribution in [0.1, 0.15) is 26.2 Å². The molecule has 1 aromatic carbocycles. The summed E-state index contributed by atoms with van der Waals surface area (Å²) in [6, 6.07) is 7.71. The van der Waals surface area contributed by atoms with Gasteiger partial charge >= 0.3 is 0 Å². The van der Waals surface area contributed by atoms with E-state index in [1.807, 2.05) is 12.1 Å². The Morgan fingerprint density at radius 2 is 2.00 bits per heavy atom. The van der Waals surface area contributed by atoms with Crippen LogP contribution in [-0.4, -0.2) is 32.6 Å². The molecule has 0 heterocycles. The molecule has 2 rings (SSSR count). The van der Waals surface area contributed by atoms with E-state index in [9.17, 15) is 8.42 Å². The molecule has 5 heteroatoms. The standard InChI is InChI=1S/C14H20ClNO2S/c1-2-19(17,18)14-9-4-3-8-13(14)16(11-10-15)12-6-5-7-12/h3-4,8-9,12H,2,5-7,10-11H2,1H3. The predicted molar refractivity (Wildman–Crippen MR) is 79.9 cm³/mol.